The molecule has 35 heavy (non-hydrogen) atoms. The molecule has 3 amide bonds. The van der Waals surface area contributed by atoms with Gasteiger partial charge in [0.2, 0.25) is 17.7 Å². The van der Waals surface area contributed by atoms with Crippen LogP contribution in [0, 0.1) is 11.8 Å². The number of hydrogen-bond acceptors (Lipinski definition) is 5. The van der Waals surface area contributed by atoms with Gasteiger partial charge in [-0.25, -0.2) is 0 Å². The van der Waals surface area contributed by atoms with Crippen molar-refractivity contribution in [2.24, 2.45) is 11.8 Å². The number of likely N-dealkylation sites (tertiary alicyclic amines) is 1. The first-order valence-corrected chi connectivity index (χ1v) is 13.0. The monoisotopic (exact) mass is 489 g/mol. The third kappa shape index (κ3) is 4.44. The third-order valence-electron chi connectivity index (χ3n) is 7.87. The lowest BCUT2D eigenvalue weighted by atomic mass is 9.70. The van der Waals surface area contributed by atoms with Crippen LogP contribution in [0.4, 0.5) is 0 Å². The molecule has 3 aliphatic heterocycles. The van der Waals surface area contributed by atoms with Crippen molar-refractivity contribution < 1.29 is 24.2 Å². The summed E-state index contributed by atoms with van der Waals surface area (Å²) < 4.78 is 6.55. The summed E-state index contributed by atoms with van der Waals surface area (Å²) in [5.41, 5.74) is -1.58. The van der Waals surface area contributed by atoms with Gasteiger partial charge in [-0.05, 0) is 46.5 Å². The molecule has 0 aliphatic carbocycles. The number of amides is 3. The first-order valence-electron chi connectivity index (χ1n) is 13.0. The summed E-state index contributed by atoms with van der Waals surface area (Å²) in [5, 5.41) is 10.2. The van der Waals surface area contributed by atoms with Gasteiger partial charge in [0.1, 0.15) is 11.6 Å². The summed E-state index contributed by atoms with van der Waals surface area (Å²) >= 11 is 0. The zero-order valence-corrected chi connectivity index (χ0v) is 22.0. The highest BCUT2D eigenvalue weighted by Gasteiger charge is 2.75. The Bertz CT molecular complexity index is 848. The Morgan fingerprint density at radius 2 is 1.89 bits per heavy atom. The molecule has 0 aromatic heterocycles. The highest BCUT2D eigenvalue weighted by molar-refractivity contribution is 5.99. The number of carbonyl (C=O) groups is 3. The summed E-state index contributed by atoms with van der Waals surface area (Å²) in [4.78, 5) is 47.1. The molecule has 0 aromatic rings. The molecule has 2 bridgehead atoms. The Labute approximate surface area is 210 Å². The molecular formula is C27H43N3O5. The topological polar surface area (TPSA) is 90.4 Å². The predicted molar refractivity (Wildman–Crippen MR) is 134 cm³/mol. The highest BCUT2D eigenvalue weighted by Crippen LogP contribution is 2.59. The maximum absolute atomic E-state index is 14.2. The van der Waals surface area contributed by atoms with Gasteiger partial charge in [-0.15, -0.1) is 13.2 Å². The number of ether oxygens (including phenoxy) is 1. The van der Waals surface area contributed by atoms with E-state index < -0.39 is 41.2 Å². The summed E-state index contributed by atoms with van der Waals surface area (Å²) in [7, 11) is 0. The molecular weight excluding hydrogens is 446 g/mol. The molecule has 196 valence electrons. The van der Waals surface area contributed by atoms with Gasteiger partial charge in [0, 0.05) is 25.2 Å². The van der Waals surface area contributed by atoms with E-state index in [0.717, 1.165) is 6.42 Å². The van der Waals surface area contributed by atoms with Crippen LogP contribution in [-0.2, 0) is 19.1 Å². The molecule has 3 heterocycles. The Kier molecular flexibility index (Phi) is 8.16. The van der Waals surface area contributed by atoms with Crippen LogP contribution in [0.3, 0.4) is 0 Å². The molecule has 8 heteroatoms. The molecule has 8 nitrogen and oxygen atoms in total. The Morgan fingerprint density at radius 3 is 2.40 bits per heavy atom. The molecule has 2 unspecified atom stereocenters. The van der Waals surface area contributed by atoms with Crippen molar-refractivity contribution in [1.29, 1.82) is 0 Å². The fourth-order valence-corrected chi connectivity index (χ4v) is 6.36. The quantitative estimate of drug-likeness (QED) is 0.450. The van der Waals surface area contributed by atoms with Crippen molar-refractivity contribution in [3.05, 3.63) is 25.3 Å². The number of hydrogen-bond donors (Lipinski definition) is 1. The van der Waals surface area contributed by atoms with Gasteiger partial charge in [0.15, 0.2) is 0 Å². The van der Waals surface area contributed by atoms with Gasteiger partial charge in [-0.2, -0.15) is 0 Å². The molecule has 1 spiro atoms. The summed E-state index contributed by atoms with van der Waals surface area (Å²) in [5.74, 6) is -1.96. The average molecular weight is 490 g/mol. The number of nitrogens with zero attached hydrogens (tertiary/aromatic N) is 3. The molecule has 3 rings (SSSR count). The minimum Gasteiger partial charge on any atom is -0.394 e. The molecule has 3 fully saturated rings. The molecule has 0 aromatic carbocycles. The fraction of sp³-hybridized carbons (Fsp3) is 0.741. The summed E-state index contributed by atoms with van der Waals surface area (Å²) in [6.07, 6.45) is 5.43. The van der Waals surface area contributed by atoms with Crippen LogP contribution >= 0.6 is 0 Å². The number of carbonyl (C=O) groups excluding carboxylic acids is 3. The Balaban J connectivity index is 2.11. The standard InChI is InChI=1S/C27H43N3O5/c1-8-14-28(15-9-2)23(32)20-19-12-13-27(35-19)21(20)24(33)30(18(11-4)17-31)22(27)25(34)29(16-10-3)26(5,6)7/h8,10,18-22,31H,1,3,9,11-17H2,2,4-7H3/t18-,19+,20-,21-,22?,27?/m0/s1. The zero-order valence-electron chi connectivity index (χ0n) is 22.0. The van der Waals surface area contributed by atoms with Gasteiger partial charge >= 0.3 is 0 Å². The van der Waals surface area contributed by atoms with Crippen molar-refractivity contribution in [3.8, 4) is 0 Å². The van der Waals surface area contributed by atoms with Crippen LogP contribution < -0.4 is 0 Å². The van der Waals surface area contributed by atoms with Crippen molar-refractivity contribution >= 4 is 17.7 Å². The maximum Gasteiger partial charge on any atom is 0.249 e. The van der Waals surface area contributed by atoms with E-state index in [2.05, 4.69) is 13.2 Å². The van der Waals surface area contributed by atoms with E-state index in [1.807, 2.05) is 34.6 Å². The molecule has 0 radical (unpaired) electrons. The van der Waals surface area contributed by atoms with E-state index in [-0.39, 0.29) is 24.3 Å². The SMILES string of the molecule is C=CCN(CCC)C(=O)[C@@H]1[C@H]2C(=O)N([C@@H](CC)CO)C(C(=O)N(CC=C)C(C)(C)C)C23CC[C@H]1O3. The molecule has 0 saturated carbocycles. The fourth-order valence-electron chi connectivity index (χ4n) is 6.36. The lowest BCUT2D eigenvalue weighted by Gasteiger charge is -2.43. The summed E-state index contributed by atoms with van der Waals surface area (Å²) in [6, 6.07) is -1.42. The largest absolute Gasteiger partial charge is 0.394 e. The lowest BCUT2D eigenvalue weighted by Crippen LogP contribution is -2.61. The van der Waals surface area contributed by atoms with E-state index in [4.69, 9.17) is 4.74 Å². The van der Waals surface area contributed by atoms with E-state index >= 15 is 0 Å². The predicted octanol–water partition coefficient (Wildman–Crippen LogP) is 2.37. The second-order valence-electron chi connectivity index (χ2n) is 11.0. The van der Waals surface area contributed by atoms with E-state index in [1.165, 1.54) is 0 Å². The Hall–Kier alpha value is -2.19. The van der Waals surface area contributed by atoms with Gasteiger partial charge < -0.3 is 24.5 Å². The van der Waals surface area contributed by atoms with E-state index in [0.29, 0.717) is 38.9 Å². The molecule has 6 atom stereocenters. The number of rotatable bonds is 11. The van der Waals surface area contributed by atoms with Crippen LogP contribution in [0.5, 0.6) is 0 Å². The van der Waals surface area contributed by atoms with Gasteiger partial charge in [-0.1, -0.05) is 26.0 Å². The second kappa shape index (κ2) is 10.4. The second-order valence-corrected chi connectivity index (χ2v) is 11.0. The number of aliphatic hydroxyl groups is 1. The third-order valence-corrected chi connectivity index (χ3v) is 7.87. The normalized spacial score (nSPS) is 30.2. The van der Waals surface area contributed by atoms with Crippen LogP contribution in [0.1, 0.15) is 60.3 Å². The summed E-state index contributed by atoms with van der Waals surface area (Å²) in [6.45, 7) is 18.4. The first-order chi connectivity index (χ1) is 16.5. The maximum atomic E-state index is 14.2. The Morgan fingerprint density at radius 1 is 1.23 bits per heavy atom. The molecule has 3 saturated heterocycles. The lowest BCUT2D eigenvalue weighted by molar-refractivity contribution is -0.154. The van der Waals surface area contributed by atoms with E-state index in [1.54, 1.807) is 26.9 Å². The van der Waals surface area contributed by atoms with Crippen LogP contribution in [0.2, 0.25) is 0 Å². The van der Waals surface area contributed by atoms with Crippen molar-refractivity contribution in [2.45, 2.75) is 89.6 Å². The van der Waals surface area contributed by atoms with E-state index in [9.17, 15) is 19.5 Å². The highest BCUT2D eigenvalue weighted by atomic mass is 16.5. The average Bonchev–Trinajstić information content (AvgIpc) is 3.44. The van der Waals surface area contributed by atoms with Crippen LogP contribution in [-0.4, -0.2) is 93.1 Å². The van der Waals surface area contributed by atoms with Gasteiger partial charge in [0.25, 0.3) is 0 Å². The van der Waals surface area contributed by atoms with Crippen molar-refractivity contribution in [2.75, 3.05) is 26.2 Å². The molecule has 1 N–H and O–H groups in total. The first kappa shape index (κ1) is 27.4. The van der Waals surface area contributed by atoms with Crippen LogP contribution in [0.25, 0.3) is 0 Å². The number of aliphatic hydroxyl groups excluding tert-OH is 1. The smallest absolute Gasteiger partial charge is 0.249 e. The number of fused-ring (bicyclic) bond motifs is 1. The minimum atomic E-state index is -1.07. The minimum absolute atomic E-state index is 0.111. The van der Waals surface area contributed by atoms with Crippen molar-refractivity contribution in [1.82, 2.24) is 14.7 Å². The zero-order chi connectivity index (χ0) is 26.1. The van der Waals surface area contributed by atoms with Gasteiger partial charge in [-0.3, -0.25) is 14.4 Å². The molecule has 3 aliphatic rings. The van der Waals surface area contributed by atoms with Crippen LogP contribution in [0.15, 0.2) is 25.3 Å². The van der Waals surface area contributed by atoms with Crippen molar-refractivity contribution in [3.63, 3.8) is 0 Å². The van der Waals surface area contributed by atoms with Gasteiger partial charge in [0.05, 0.1) is 30.6 Å².